The molecule has 2 fully saturated rings. The third kappa shape index (κ3) is 4.68. The van der Waals surface area contributed by atoms with Crippen molar-refractivity contribution in [3.8, 4) is 0 Å². The Hall–Kier alpha value is -3.46. The van der Waals surface area contributed by atoms with Gasteiger partial charge >= 0.3 is 6.09 Å². The van der Waals surface area contributed by atoms with Crippen LogP contribution in [0.2, 0.25) is 0 Å². The van der Waals surface area contributed by atoms with E-state index >= 15 is 0 Å². The molecule has 1 unspecified atom stereocenters. The van der Waals surface area contributed by atoms with Gasteiger partial charge in [0.05, 0.1) is 11.6 Å². The number of cyclic esters (lactones) is 1. The molecule has 1 aromatic heterocycles. The molecule has 0 aliphatic carbocycles. The van der Waals surface area contributed by atoms with Crippen LogP contribution in [-0.2, 0) is 16.1 Å². The molecule has 0 bridgehead atoms. The molecule has 0 radical (unpaired) electrons. The number of anilines is 2. The summed E-state index contributed by atoms with van der Waals surface area (Å²) in [5, 5.41) is 3.38. The Bertz CT molecular complexity index is 1180. The number of rotatable bonds is 8. The molecule has 2 atom stereocenters. The SMILES string of the molecule is C=CC(=O)N1CC2(C1)CN(C(CC)c1ccc([C@H](C)Nc3ncc4c(n3)N(C(C)C)C(=O)OC4)cc1)C2. The average molecular weight is 505 g/mol. The quantitative estimate of drug-likeness (QED) is 0.536. The number of benzene rings is 1. The molecule has 4 heterocycles. The highest BCUT2D eigenvalue weighted by molar-refractivity contribution is 5.89. The van der Waals surface area contributed by atoms with Gasteiger partial charge in [-0.25, -0.2) is 9.78 Å². The van der Waals surface area contributed by atoms with Crippen molar-refractivity contribution in [2.24, 2.45) is 5.41 Å². The monoisotopic (exact) mass is 504 g/mol. The van der Waals surface area contributed by atoms with Crippen molar-refractivity contribution in [1.29, 1.82) is 0 Å². The first-order valence-corrected chi connectivity index (χ1v) is 13.1. The summed E-state index contributed by atoms with van der Waals surface area (Å²) in [6.45, 7) is 15.7. The molecule has 3 aliphatic heterocycles. The van der Waals surface area contributed by atoms with Crippen molar-refractivity contribution >= 4 is 23.8 Å². The van der Waals surface area contributed by atoms with E-state index in [1.54, 1.807) is 11.1 Å². The highest BCUT2D eigenvalue weighted by Gasteiger charge is 2.53. The molecule has 9 nitrogen and oxygen atoms in total. The van der Waals surface area contributed by atoms with E-state index in [0.717, 1.165) is 43.7 Å². The van der Waals surface area contributed by atoms with E-state index in [-0.39, 0.29) is 36.1 Å². The van der Waals surface area contributed by atoms with E-state index in [0.29, 0.717) is 17.8 Å². The maximum atomic E-state index is 12.2. The van der Waals surface area contributed by atoms with Gasteiger partial charge in [0.1, 0.15) is 12.4 Å². The molecule has 1 spiro atoms. The van der Waals surface area contributed by atoms with Gasteiger partial charge in [0.2, 0.25) is 11.9 Å². The minimum absolute atomic E-state index is 0.00847. The van der Waals surface area contributed by atoms with Crippen LogP contribution < -0.4 is 10.2 Å². The summed E-state index contributed by atoms with van der Waals surface area (Å²) in [4.78, 5) is 39.1. The zero-order chi connectivity index (χ0) is 26.3. The molecule has 1 aromatic carbocycles. The lowest BCUT2D eigenvalue weighted by atomic mass is 9.71. The minimum Gasteiger partial charge on any atom is -0.444 e. The zero-order valence-corrected chi connectivity index (χ0v) is 22.1. The standard InChI is InChI=1S/C28H36N6O3/c1-6-23(32-14-28(15-32)16-33(17-28)24(35)7-2)21-10-8-20(9-11-21)19(5)30-26-29-12-22-13-37-27(36)34(18(3)4)25(22)31-26/h7-12,18-19,23H,2,6,13-17H2,1,3-5H3,(H,29,30,31)/t19-,23?/m0/s1. The Balaban J connectivity index is 1.21. The third-order valence-electron chi connectivity index (χ3n) is 7.74. The van der Waals surface area contributed by atoms with Gasteiger partial charge < -0.3 is 15.0 Å². The smallest absolute Gasteiger partial charge is 0.416 e. The summed E-state index contributed by atoms with van der Waals surface area (Å²) in [7, 11) is 0. The topological polar surface area (TPSA) is 90.9 Å². The Morgan fingerprint density at radius 1 is 1.16 bits per heavy atom. The fourth-order valence-corrected chi connectivity index (χ4v) is 5.80. The molecular weight excluding hydrogens is 468 g/mol. The van der Waals surface area contributed by atoms with Crippen LogP contribution in [0.5, 0.6) is 0 Å². The first-order chi connectivity index (χ1) is 17.7. The molecular formula is C28H36N6O3. The summed E-state index contributed by atoms with van der Waals surface area (Å²) < 4.78 is 5.24. The fourth-order valence-electron chi connectivity index (χ4n) is 5.80. The van der Waals surface area contributed by atoms with Crippen molar-refractivity contribution in [3.05, 3.63) is 59.8 Å². The number of aromatic nitrogens is 2. The van der Waals surface area contributed by atoms with Gasteiger partial charge in [0.25, 0.3) is 0 Å². The Labute approximate surface area is 218 Å². The maximum absolute atomic E-state index is 12.2. The number of fused-ring (bicyclic) bond motifs is 1. The van der Waals surface area contributed by atoms with E-state index in [1.807, 2.05) is 18.7 Å². The lowest BCUT2D eigenvalue weighted by molar-refractivity contribution is -0.159. The van der Waals surface area contributed by atoms with Gasteiger partial charge in [-0.3, -0.25) is 14.6 Å². The number of nitrogens with one attached hydrogen (secondary N) is 1. The summed E-state index contributed by atoms with van der Waals surface area (Å²) in [5.74, 6) is 1.13. The van der Waals surface area contributed by atoms with Gasteiger partial charge in [0, 0.05) is 49.9 Å². The summed E-state index contributed by atoms with van der Waals surface area (Å²) in [6.07, 6.45) is 3.79. The number of hydrogen-bond acceptors (Lipinski definition) is 7. The van der Waals surface area contributed by atoms with Gasteiger partial charge in [-0.1, -0.05) is 37.8 Å². The Morgan fingerprint density at radius 2 is 1.84 bits per heavy atom. The number of carbonyl (C=O) groups excluding carboxylic acids is 2. The second-order valence-electron chi connectivity index (χ2n) is 10.8. The van der Waals surface area contributed by atoms with Crippen LogP contribution in [0.15, 0.2) is 43.1 Å². The highest BCUT2D eigenvalue weighted by atomic mass is 16.6. The van der Waals surface area contributed by atoms with E-state index in [4.69, 9.17) is 4.74 Å². The van der Waals surface area contributed by atoms with Crippen LogP contribution in [-0.4, -0.2) is 64.0 Å². The first-order valence-electron chi connectivity index (χ1n) is 13.1. The second-order valence-corrected chi connectivity index (χ2v) is 10.8. The molecule has 5 rings (SSSR count). The van der Waals surface area contributed by atoms with E-state index in [2.05, 4.69) is 64.9 Å². The lowest BCUT2D eigenvalue weighted by Gasteiger charge is -2.61. The second kappa shape index (κ2) is 9.78. The predicted octanol–water partition coefficient (Wildman–Crippen LogP) is 4.30. The molecule has 2 amide bonds. The number of hydrogen-bond donors (Lipinski definition) is 1. The largest absolute Gasteiger partial charge is 0.444 e. The van der Waals surface area contributed by atoms with Crippen LogP contribution in [0.1, 0.15) is 62.9 Å². The zero-order valence-electron chi connectivity index (χ0n) is 22.1. The highest BCUT2D eigenvalue weighted by Crippen LogP contribution is 2.44. The van der Waals surface area contributed by atoms with Gasteiger partial charge in [-0.05, 0) is 44.4 Å². The number of likely N-dealkylation sites (tertiary alicyclic amines) is 2. The average Bonchev–Trinajstić information content (AvgIpc) is 2.84. The van der Waals surface area contributed by atoms with E-state index in [1.165, 1.54) is 11.6 Å². The van der Waals surface area contributed by atoms with Gasteiger partial charge in [-0.15, -0.1) is 0 Å². The molecule has 196 valence electrons. The fraction of sp³-hybridized carbons (Fsp3) is 0.500. The minimum atomic E-state index is -0.380. The molecule has 9 heteroatoms. The molecule has 2 saturated heterocycles. The number of nitrogens with zero attached hydrogens (tertiary/aromatic N) is 5. The number of amides is 2. The van der Waals surface area contributed by atoms with E-state index < -0.39 is 0 Å². The first kappa shape index (κ1) is 25.2. The van der Waals surface area contributed by atoms with Crippen molar-refractivity contribution in [3.63, 3.8) is 0 Å². The third-order valence-corrected chi connectivity index (χ3v) is 7.74. The van der Waals surface area contributed by atoms with E-state index in [9.17, 15) is 9.59 Å². The molecule has 1 N–H and O–H groups in total. The molecule has 2 aromatic rings. The number of ether oxygens (including phenoxy) is 1. The van der Waals surface area contributed by atoms with Crippen molar-refractivity contribution in [2.75, 3.05) is 36.4 Å². The van der Waals surface area contributed by atoms with Crippen LogP contribution in [0.3, 0.4) is 0 Å². The predicted molar refractivity (Wildman–Crippen MR) is 142 cm³/mol. The van der Waals surface area contributed by atoms with Crippen molar-refractivity contribution < 1.29 is 14.3 Å². The van der Waals surface area contributed by atoms with Crippen molar-refractivity contribution in [2.45, 2.75) is 58.8 Å². The maximum Gasteiger partial charge on any atom is 0.416 e. The number of carbonyl (C=O) groups is 2. The summed E-state index contributed by atoms with van der Waals surface area (Å²) in [6, 6.07) is 9.05. The van der Waals surface area contributed by atoms with Crippen LogP contribution in [0.4, 0.5) is 16.6 Å². The van der Waals surface area contributed by atoms with Gasteiger partial charge in [-0.2, -0.15) is 4.98 Å². The van der Waals surface area contributed by atoms with Gasteiger partial charge in [0.15, 0.2) is 0 Å². The molecule has 0 saturated carbocycles. The Kier molecular flexibility index (Phi) is 6.66. The normalized spacial score (nSPS) is 20.0. The van der Waals surface area contributed by atoms with Crippen LogP contribution in [0, 0.1) is 5.41 Å². The Morgan fingerprint density at radius 3 is 2.46 bits per heavy atom. The molecule has 37 heavy (non-hydrogen) atoms. The van der Waals surface area contributed by atoms with Crippen LogP contribution >= 0.6 is 0 Å². The van der Waals surface area contributed by atoms with Crippen molar-refractivity contribution in [1.82, 2.24) is 19.8 Å². The summed E-state index contributed by atoms with van der Waals surface area (Å²) >= 11 is 0. The summed E-state index contributed by atoms with van der Waals surface area (Å²) in [5.41, 5.74) is 3.51. The van der Waals surface area contributed by atoms with Crippen LogP contribution in [0.25, 0.3) is 0 Å². The molecule has 3 aliphatic rings. The lowest BCUT2D eigenvalue weighted by Crippen LogP contribution is -2.72.